The summed E-state index contributed by atoms with van der Waals surface area (Å²) in [5.41, 5.74) is 0. The summed E-state index contributed by atoms with van der Waals surface area (Å²) in [7, 11) is -1.93. The van der Waals surface area contributed by atoms with Crippen molar-refractivity contribution in [3.63, 3.8) is 0 Å². The minimum Gasteiger partial charge on any atom is -0.519 e. The fourth-order valence-electron chi connectivity index (χ4n) is 3.71. The number of carbonyl (C=O) groups excluding carboxylic acids is 1. The SMILES string of the molecule is [CH2]CCCC(=O)O[Si](CCCCCC)(CCCCCC)CCCCCC. The maximum Gasteiger partial charge on any atom is 0.292 e. The topological polar surface area (TPSA) is 26.3 Å². The number of carbonyl (C=O) groups is 1. The molecule has 0 fully saturated rings. The molecule has 3 heteroatoms. The van der Waals surface area contributed by atoms with Crippen LogP contribution >= 0.6 is 0 Å². The Bertz CT molecular complexity index is 286. The van der Waals surface area contributed by atoms with Crippen LogP contribution < -0.4 is 0 Å². The third kappa shape index (κ3) is 13.8. The molecule has 0 spiro atoms. The molecule has 1 radical (unpaired) electrons. The van der Waals surface area contributed by atoms with Crippen molar-refractivity contribution in [1.29, 1.82) is 0 Å². The zero-order chi connectivity index (χ0) is 19.5. The maximum absolute atomic E-state index is 12.5. The lowest BCUT2D eigenvalue weighted by molar-refractivity contribution is -0.135. The van der Waals surface area contributed by atoms with E-state index in [4.69, 9.17) is 4.43 Å². The van der Waals surface area contributed by atoms with E-state index in [-0.39, 0.29) is 5.97 Å². The third-order valence-electron chi connectivity index (χ3n) is 5.42. The Hall–Kier alpha value is -0.313. The van der Waals surface area contributed by atoms with Crippen molar-refractivity contribution in [2.45, 2.75) is 135 Å². The van der Waals surface area contributed by atoms with Crippen LogP contribution in [0.4, 0.5) is 0 Å². The molecule has 26 heavy (non-hydrogen) atoms. The van der Waals surface area contributed by atoms with E-state index in [2.05, 4.69) is 27.7 Å². The van der Waals surface area contributed by atoms with Crippen LogP contribution in [0.2, 0.25) is 18.1 Å². The van der Waals surface area contributed by atoms with E-state index < -0.39 is 8.32 Å². The second-order valence-corrected chi connectivity index (χ2v) is 12.1. The fraction of sp³-hybridized carbons (Fsp3) is 0.913. The van der Waals surface area contributed by atoms with Gasteiger partial charge in [0, 0.05) is 6.42 Å². The average Bonchev–Trinajstić information content (AvgIpc) is 2.64. The lowest BCUT2D eigenvalue weighted by Gasteiger charge is -2.32. The van der Waals surface area contributed by atoms with Gasteiger partial charge in [-0.05, 0) is 24.6 Å². The lowest BCUT2D eigenvalue weighted by atomic mass is 10.2. The largest absolute Gasteiger partial charge is 0.519 e. The van der Waals surface area contributed by atoms with Crippen molar-refractivity contribution in [1.82, 2.24) is 0 Å². The molecule has 0 saturated carbocycles. The maximum atomic E-state index is 12.5. The molecule has 0 bridgehead atoms. The average molecular weight is 384 g/mol. The van der Waals surface area contributed by atoms with Crippen molar-refractivity contribution in [2.75, 3.05) is 0 Å². The summed E-state index contributed by atoms with van der Waals surface area (Å²) >= 11 is 0. The Morgan fingerprint density at radius 2 is 1.12 bits per heavy atom. The van der Waals surface area contributed by atoms with Crippen LogP contribution in [0.15, 0.2) is 0 Å². The monoisotopic (exact) mass is 383 g/mol. The first kappa shape index (κ1) is 25.7. The van der Waals surface area contributed by atoms with E-state index in [1.54, 1.807) is 0 Å². The van der Waals surface area contributed by atoms with Crippen molar-refractivity contribution >= 4 is 14.3 Å². The van der Waals surface area contributed by atoms with E-state index in [1.165, 1.54) is 95.2 Å². The van der Waals surface area contributed by atoms with Gasteiger partial charge >= 0.3 is 0 Å². The molecule has 0 aliphatic carbocycles. The predicted molar refractivity (Wildman–Crippen MR) is 118 cm³/mol. The molecule has 2 nitrogen and oxygen atoms in total. The van der Waals surface area contributed by atoms with Gasteiger partial charge in [0.25, 0.3) is 14.3 Å². The van der Waals surface area contributed by atoms with Crippen LogP contribution in [0.1, 0.15) is 117 Å². The van der Waals surface area contributed by atoms with Crippen LogP contribution in [0.25, 0.3) is 0 Å². The van der Waals surface area contributed by atoms with Crippen molar-refractivity contribution < 1.29 is 9.22 Å². The Labute approximate surface area is 166 Å². The fourth-order valence-corrected chi connectivity index (χ4v) is 8.04. The molecule has 0 rings (SSSR count). The molecule has 155 valence electrons. The van der Waals surface area contributed by atoms with Crippen molar-refractivity contribution in [2.24, 2.45) is 0 Å². The Kier molecular flexibility index (Phi) is 17.9. The number of hydrogen-bond acceptors (Lipinski definition) is 2. The molecule has 0 amide bonds. The van der Waals surface area contributed by atoms with Gasteiger partial charge in [0.2, 0.25) is 0 Å². The van der Waals surface area contributed by atoms with E-state index in [9.17, 15) is 4.79 Å². The van der Waals surface area contributed by atoms with Gasteiger partial charge in [-0.3, -0.25) is 4.79 Å². The molecule has 0 unspecified atom stereocenters. The van der Waals surface area contributed by atoms with Gasteiger partial charge in [0.1, 0.15) is 0 Å². The zero-order valence-corrected chi connectivity index (χ0v) is 19.3. The summed E-state index contributed by atoms with van der Waals surface area (Å²) in [6.45, 7) is 10.7. The van der Waals surface area contributed by atoms with Gasteiger partial charge in [0.15, 0.2) is 0 Å². The first-order valence-corrected chi connectivity index (χ1v) is 14.2. The van der Waals surface area contributed by atoms with Gasteiger partial charge in [-0.1, -0.05) is 111 Å². The number of unbranched alkanes of at least 4 members (excludes halogenated alkanes) is 10. The molecule has 0 aromatic rings. The van der Waals surface area contributed by atoms with Crippen LogP contribution in [0.5, 0.6) is 0 Å². The van der Waals surface area contributed by atoms with Crippen LogP contribution in [-0.4, -0.2) is 14.3 Å². The van der Waals surface area contributed by atoms with Gasteiger partial charge in [-0.2, -0.15) is 0 Å². The number of hydrogen-bond donors (Lipinski definition) is 0. The highest BCUT2D eigenvalue weighted by Crippen LogP contribution is 2.31. The first-order chi connectivity index (χ1) is 12.6. The van der Waals surface area contributed by atoms with Crippen molar-refractivity contribution in [3.05, 3.63) is 6.92 Å². The van der Waals surface area contributed by atoms with E-state index >= 15 is 0 Å². The molecule has 0 aromatic carbocycles. The molecule has 0 atom stereocenters. The van der Waals surface area contributed by atoms with E-state index in [0.29, 0.717) is 6.42 Å². The minimum absolute atomic E-state index is 0.0711. The highest BCUT2D eigenvalue weighted by Gasteiger charge is 2.36. The van der Waals surface area contributed by atoms with E-state index in [1.807, 2.05) is 0 Å². The minimum atomic E-state index is -1.93. The summed E-state index contributed by atoms with van der Waals surface area (Å²) in [5.74, 6) is 0.0711. The molecule has 0 aliphatic rings. The number of rotatable bonds is 19. The van der Waals surface area contributed by atoms with E-state index in [0.717, 1.165) is 12.8 Å². The molecule has 0 heterocycles. The van der Waals surface area contributed by atoms with Crippen molar-refractivity contribution in [3.8, 4) is 0 Å². The summed E-state index contributed by atoms with van der Waals surface area (Å²) in [5, 5.41) is 0. The highest BCUT2D eigenvalue weighted by molar-refractivity contribution is 6.75. The summed E-state index contributed by atoms with van der Waals surface area (Å²) in [6, 6.07) is 3.59. The van der Waals surface area contributed by atoms with Crippen LogP contribution in [0, 0.1) is 6.92 Å². The predicted octanol–water partition coefficient (Wildman–Crippen LogP) is 8.22. The third-order valence-corrected chi connectivity index (χ3v) is 9.87. The van der Waals surface area contributed by atoms with Gasteiger partial charge < -0.3 is 4.43 Å². The standard InChI is InChI=1S/C23H47O2Si/c1-5-9-13-16-20-26(21-17-14-10-6-2,22-18-15-11-7-3)25-23(24)19-12-8-4/h4-22H2,1-3H3. The highest BCUT2D eigenvalue weighted by atomic mass is 28.4. The second-order valence-electron chi connectivity index (χ2n) is 8.05. The summed E-state index contributed by atoms with van der Waals surface area (Å²) in [4.78, 5) is 12.5. The normalized spacial score (nSPS) is 11.7. The Balaban J connectivity index is 4.87. The first-order valence-electron chi connectivity index (χ1n) is 11.6. The lowest BCUT2D eigenvalue weighted by Crippen LogP contribution is -2.40. The second kappa shape index (κ2) is 18.1. The smallest absolute Gasteiger partial charge is 0.292 e. The molecule has 0 N–H and O–H groups in total. The van der Waals surface area contributed by atoms with Gasteiger partial charge in [-0.25, -0.2) is 0 Å². The summed E-state index contributed by atoms with van der Waals surface area (Å²) in [6.07, 6.45) is 17.7. The molecular weight excluding hydrogens is 336 g/mol. The Morgan fingerprint density at radius 3 is 1.46 bits per heavy atom. The Morgan fingerprint density at radius 1 is 0.692 bits per heavy atom. The van der Waals surface area contributed by atoms with Gasteiger partial charge in [-0.15, -0.1) is 0 Å². The molecule has 0 aliphatic heterocycles. The molecule has 0 aromatic heterocycles. The molecular formula is C23H47O2Si. The van der Waals surface area contributed by atoms with Crippen LogP contribution in [-0.2, 0) is 9.22 Å². The van der Waals surface area contributed by atoms with Crippen LogP contribution in [0.3, 0.4) is 0 Å². The quantitative estimate of drug-likeness (QED) is 0.166. The van der Waals surface area contributed by atoms with Gasteiger partial charge in [0.05, 0.1) is 0 Å². The molecule has 0 saturated heterocycles. The zero-order valence-electron chi connectivity index (χ0n) is 18.3. The summed E-state index contributed by atoms with van der Waals surface area (Å²) < 4.78 is 6.35.